The van der Waals surface area contributed by atoms with E-state index in [0.29, 0.717) is 68.8 Å². The largest absolute Gasteiger partial charge is 0.497 e. The van der Waals surface area contributed by atoms with Gasteiger partial charge in [-0.3, -0.25) is 19.1 Å². The third-order valence-corrected chi connectivity index (χ3v) is 14.8. The van der Waals surface area contributed by atoms with Crippen LogP contribution in [0.1, 0.15) is 38.5 Å². The van der Waals surface area contributed by atoms with Gasteiger partial charge in [0.05, 0.1) is 71.7 Å². The molecule has 4 N–H and O–H groups in total. The molecule has 20 heteroatoms. The molecule has 18 nitrogen and oxygen atoms in total. The molecule has 0 aliphatic heterocycles. The fraction of sp³-hybridized carbons (Fsp3) is 0.212. The maximum Gasteiger partial charge on any atom is 0.263 e. The quantitative estimate of drug-likeness (QED) is 0.0591. The van der Waals surface area contributed by atoms with E-state index in [-0.39, 0.29) is 56.8 Å². The van der Waals surface area contributed by atoms with Crippen molar-refractivity contribution in [1.82, 2.24) is 19.9 Å². The van der Waals surface area contributed by atoms with Gasteiger partial charge in [-0.2, -0.15) is 0 Å². The number of carbonyl (C=O) groups is 1. The molecule has 8 aromatic rings. The number of nitrogens with one attached hydrogen (secondary N) is 4. The summed E-state index contributed by atoms with van der Waals surface area (Å²) in [4.78, 5) is 34.3. The van der Waals surface area contributed by atoms with Crippen LogP contribution < -0.4 is 43.9 Å². The lowest BCUT2D eigenvalue weighted by molar-refractivity contribution is -0.118. The molecule has 2 aromatic heterocycles. The van der Waals surface area contributed by atoms with E-state index in [1.165, 1.54) is 69.7 Å². The molecule has 370 valence electrons. The topological polar surface area (TPSA) is 225 Å². The lowest BCUT2D eigenvalue weighted by Crippen LogP contribution is -2.27. The maximum atomic E-state index is 14.6. The number of hydrogen-bond acceptors (Lipinski definition) is 15. The third-order valence-electron chi connectivity index (χ3n) is 12.1. The summed E-state index contributed by atoms with van der Waals surface area (Å²) in [5.74, 6) is 1.93. The van der Waals surface area contributed by atoms with Crippen LogP contribution in [0, 0.1) is 5.92 Å². The van der Waals surface area contributed by atoms with Crippen LogP contribution in [-0.4, -0.2) is 71.1 Å². The van der Waals surface area contributed by atoms with E-state index in [2.05, 4.69) is 30.0 Å². The number of para-hydroxylation sites is 4. The summed E-state index contributed by atoms with van der Waals surface area (Å²) in [7, 11) is -2.83. The van der Waals surface area contributed by atoms with Gasteiger partial charge in [-0.1, -0.05) is 62.1 Å². The fourth-order valence-corrected chi connectivity index (χ4v) is 10.6. The standard InChI is InChI=1S/C52H51N9O9S2/c1-67-38-25-34(26-39(31-38)68-2)53-49-51(57-46-21-9-7-19-44(46)55-49)59-71(63,64)42-17-11-15-36(29-42)61(48(62)24-23-33-13-5-6-14-33)37-16-12-18-43(30-37)72(65,66)60-52-50(56-45-20-8-10-22-47(45)58-52)54-35-27-40(69-3)32-41(28-35)70-4/h7-12,15-22,25-33H,5-6,13-14,23-24H2,1-4H3,(H,53,55)(H,54,56)(H,57,59)(H,58,60). The normalized spacial score (nSPS) is 12.8. The summed E-state index contributed by atoms with van der Waals surface area (Å²) >= 11 is 0. The Kier molecular flexibility index (Phi) is 14.2. The van der Waals surface area contributed by atoms with Gasteiger partial charge in [-0.15, -0.1) is 0 Å². The third kappa shape index (κ3) is 11.0. The fourth-order valence-electron chi connectivity index (χ4n) is 8.48. The van der Waals surface area contributed by atoms with Crippen LogP contribution in [0.2, 0.25) is 0 Å². The van der Waals surface area contributed by atoms with Crippen molar-refractivity contribution in [2.75, 3.05) is 53.4 Å². The molecule has 1 saturated carbocycles. The minimum absolute atomic E-state index is 0.0946. The number of hydrogen-bond donors (Lipinski definition) is 4. The summed E-state index contributed by atoms with van der Waals surface area (Å²) in [6, 6.07) is 36.0. The van der Waals surface area contributed by atoms with Crippen molar-refractivity contribution in [3.05, 3.63) is 133 Å². The zero-order valence-corrected chi connectivity index (χ0v) is 41.4. The highest BCUT2D eigenvalue weighted by Crippen LogP contribution is 2.37. The highest BCUT2D eigenvalue weighted by molar-refractivity contribution is 7.93. The zero-order chi connectivity index (χ0) is 50.4. The van der Waals surface area contributed by atoms with E-state index in [1.807, 2.05) is 0 Å². The number of benzene rings is 6. The van der Waals surface area contributed by atoms with Crippen LogP contribution in [0.5, 0.6) is 23.0 Å². The van der Waals surface area contributed by atoms with Crippen LogP contribution in [0.4, 0.5) is 46.0 Å². The van der Waals surface area contributed by atoms with Crippen LogP contribution in [-0.2, 0) is 24.8 Å². The highest BCUT2D eigenvalue weighted by Gasteiger charge is 2.27. The summed E-state index contributed by atoms with van der Waals surface area (Å²) in [6.45, 7) is 0. The van der Waals surface area contributed by atoms with Crippen LogP contribution >= 0.6 is 0 Å². The number of sulfonamides is 2. The Bertz CT molecular complexity index is 3280. The summed E-state index contributed by atoms with van der Waals surface area (Å²) in [5, 5.41) is 6.33. The van der Waals surface area contributed by atoms with E-state index in [9.17, 15) is 21.6 Å². The molecule has 6 aromatic carbocycles. The molecule has 0 atom stereocenters. The van der Waals surface area contributed by atoms with Crippen molar-refractivity contribution < 1.29 is 40.6 Å². The molecular weight excluding hydrogens is 959 g/mol. The van der Waals surface area contributed by atoms with Gasteiger partial charge in [0.25, 0.3) is 20.0 Å². The number of anilines is 8. The van der Waals surface area contributed by atoms with Gasteiger partial charge in [0.2, 0.25) is 5.91 Å². The Balaban J connectivity index is 1.06. The van der Waals surface area contributed by atoms with Gasteiger partial charge in [0, 0.05) is 54.2 Å². The second kappa shape index (κ2) is 21.0. The molecule has 2 heterocycles. The molecule has 1 fully saturated rings. The van der Waals surface area contributed by atoms with E-state index in [1.54, 1.807) is 97.1 Å². The lowest BCUT2D eigenvalue weighted by atomic mass is 10.0. The van der Waals surface area contributed by atoms with Crippen molar-refractivity contribution in [3.8, 4) is 23.0 Å². The molecule has 9 rings (SSSR count). The summed E-state index contributed by atoms with van der Waals surface area (Å²) in [5.41, 5.74) is 3.21. The van der Waals surface area contributed by atoms with Crippen molar-refractivity contribution in [2.24, 2.45) is 5.92 Å². The van der Waals surface area contributed by atoms with Gasteiger partial charge < -0.3 is 29.6 Å². The van der Waals surface area contributed by atoms with Crippen molar-refractivity contribution in [2.45, 2.75) is 48.3 Å². The molecule has 72 heavy (non-hydrogen) atoms. The van der Waals surface area contributed by atoms with Gasteiger partial charge in [0.15, 0.2) is 23.3 Å². The Hall–Kier alpha value is -8.23. The predicted octanol–water partition coefficient (Wildman–Crippen LogP) is 10.3. The van der Waals surface area contributed by atoms with Gasteiger partial charge in [-0.05, 0) is 73.0 Å². The van der Waals surface area contributed by atoms with E-state index in [0.717, 1.165) is 25.7 Å². The first-order chi connectivity index (χ1) is 34.8. The molecule has 1 aliphatic rings. The van der Waals surface area contributed by atoms with Crippen molar-refractivity contribution in [3.63, 3.8) is 0 Å². The first-order valence-corrected chi connectivity index (χ1v) is 25.9. The molecule has 1 aliphatic carbocycles. The number of nitrogens with zero attached hydrogens (tertiary/aromatic N) is 5. The van der Waals surface area contributed by atoms with E-state index in [4.69, 9.17) is 28.9 Å². The van der Waals surface area contributed by atoms with Gasteiger partial charge in [0.1, 0.15) is 23.0 Å². The average Bonchev–Trinajstić information content (AvgIpc) is 3.92. The first-order valence-electron chi connectivity index (χ1n) is 22.9. The number of ether oxygens (including phenoxy) is 4. The number of amides is 1. The smallest absolute Gasteiger partial charge is 0.263 e. The molecule has 0 saturated heterocycles. The van der Waals surface area contributed by atoms with Crippen LogP contribution in [0.3, 0.4) is 0 Å². The number of methoxy groups -OCH3 is 4. The van der Waals surface area contributed by atoms with Crippen LogP contribution in [0.25, 0.3) is 22.1 Å². The Morgan fingerprint density at radius 3 is 1.26 bits per heavy atom. The second-order valence-corrected chi connectivity index (χ2v) is 20.3. The SMILES string of the molecule is COc1cc(Nc2nc3ccccc3nc2NS(=O)(=O)c2cccc(N(C(=O)CCC3CCCC3)c3cccc(S(=O)(=O)Nc4nc5ccccc5nc4Nc4cc(OC)cc(OC)c4)c3)c2)cc(OC)c1. The summed E-state index contributed by atoms with van der Waals surface area (Å²) < 4.78 is 85.0. The molecule has 0 spiro atoms. The Labute approximate surface area is 416 Å². The first kappa shape index (κ1) is 48.8. The minimum Gasteiger partial charge on any atom is -0.497 e. The van der Waals surface area contributed by atoms with Crippen molar-refractivity contribution in [1.29, 1.82) is 0 Å². The number of aromatic nitrogens is 4. The number of carbonyl (C=O) groups excluding carboxylic acids is 1. The monoisotopic (exact) mass is 1010 g/mol. The minimum atomic E-state index is -4.45. The Morgan fingerprint density at radius 2 is 0.889 bits per heavy atom. The van der Waals surface area contributed by atoms with Gasteiger partial charge >= 0.3 is 0 Å². The van der Waals surface area contributed by atoms with Crippen LogP contribution in [0.15, 0.2) is 143 Å². The molecular formula is C52H51N9O9S2. The number of fused-ring (bicyclic) bond motifs is 2. The molecule has 0 radical (unpaired) electrons. The zero-order valence-electron chi connectivity index (χ0n) is 39.7. The van der Waals surface area contributed by atoms with Gasteiger partial charge in [-0.25, -0.2) is 36.8 Å². The summed E-state index contributed by atoms with van der Waals surface area (Å²) in [6.07, 6.45) is 4.92. The van der Waals surface area contributed by atoms with E-state index >= 15 is 0 Å². The molecule has 1 amide bonds. The lowest BCUT2D eigenvalue weighted by Gasteiger charge is -2.25. The predicted molar refractivity (Wildman–Crippen MR) is 278 cm³/mol. The number of rotatable bonds is 19. The van der Waals surface area contributed by atoms with E-state index < -0.39 is 20.0 Å². The molecule has 0 unspecified atom stereocenters. The average molecular weight is 1010 g/mol. The molecule has 0 bridgehead atoms. The van der Waals surface area contributed by atoms with Crippen molar-refractivity contribution >= 4 is 94.0 Å². The second-order valence-electron chi connectivity index (χ2n) is 16.9. The maximum absolute atomic E-state index is 14.6. The highest BCUT2D eigenvalue weighted by atomic mass is 32.2. The Morgan fingerprint density at radius 1 is 0.514 bits per heavy atom.